The van der Waals surface area contributed by atoms with Crippen molar-refractivity contribution in [1.82, 2.24) is 4.72 Å². The Balaban J connectivity index is 2.21. The number of carbonyl (C=O) groups excluding carboxylic acids is 1. The van der Waals surface area contributed by atoms with Gasteiger partial charge in [-0.1, -0.05) is 30.3 Å². The van der Waals surface area contributed by atoms with E-state index in [1.807, 2.05) is 36.6 Å². The first-order valence-electron chi connectivity index (χ1n) is 5.31. The Labute approximate surface area is 105 Å². The monoisotopic (exact) mass is 256 g/mol. The lowest BCUT2D eigenvalue weighted by Crippen LogP contribution is -2.33. The second-order valence-corrected chi connectivity index (χ2v) is 5.38. The highest BCUT2D eigenvalue weighted by Gasteiger charge is 2.16. The molecule has 0 spiro atoms. The third kappa shape index (κ3) is 6.19. The molecule has 1 aromatic rings. The molecule has 0 aliphatic carbocycles. The van der Waals surface area contributed by atoms with Gasteiger partial charge in [0, 0.05) is 7.11 Å². The van der Waals surface area contributed by atoms with Crippen molar-refractivity contribution in [2.75, 3.05) is 25.7 Å². The Morgan fingerprint density at radius 2 is 2.06 bits per heavy atom. The predicted molar refractivity (Wildman–Crippen MR) is 69.8 cm³/mol. The van der Waals surface area contributed by atoms with Crippen LogP contribution in [0.3, 0.4) is 0 Å². The average Bonchev–Trinajstić information content (AvgIpc) is 2.35. The van der Waals surface area contributed by atoms with E-state index in [0.29, 0.717) is 13.2 Å². The van der Waals surface area contributed by atoms with Gasteiger partial charge in [-0.3, -0.25) is 0 Å². The van der Waals surface area contributed by atoms with Crippen LogP contribution >= 0.6 is 0 Å². The Hall–Kier alpha value is -1.20. The fraction of sp³-hybridized carbons (Fsp3) is 0.417. The van der Waals surface area contributed by atoms with Crippen LogP contribution in [-0.4, -0.2) is 31.8 Å². The summed E-state index contributed by atoms with van der Waals surface area (Å²) in [6, 6.07) is 9.60. The molecule has 94 valence electrons. The Morgan fingerprint density at radius 1 is 1.35 bits per heavy atom. The molecular weight excluding hydrogens is 238 g/mol. The standard InChI is InChI=1S/C12H17NO3S/c1-15-8-9-17(2)13-12(14)16-10-11-6-4-3-5-7-11/h3-7H,8-10H2,1-2H3/p+1. The van der Waals surface area contributed by atoms with E-state index >= 15 is 0 Å². The van der Waals surface area contributed by atoms with E-state index in [2.05, 4.69) is 4.72 Å². The molecule has 0 saturated carbocycles. The number of ether oxygens (including phenoxy) is 2. The highest BCUT2D eigenvalue weighted by molar-refractivity contribution is 7.94. The van der Waals surface area contributed by atoms with E-state index in [1.54, 1.807) is 7.11 Å². The zero-order chi connectivity index (χ0) is 12.5. The molecule has 17 heavy (non-hydrogen) atoms. The number of hydrogen-bond acceptors (Lipinski definition) is 3. The highest BCUT2D eigenvalue weighted by atomic mass is 32.2. The van der Waals surface area contributed by atoms with E-state index in [1.165, 1.54) is 0 Å². The van der Waals surface area contributed by atoms with Crippen LogP contribution in [0.1, 0.15) is 5.56 Å². The van der Waals surface area contributed by atoms with Gasteiger partial charge >= 0.3 is 6.09 Å². The fourth-order valence-electron chi connectivity index (χ4n) is 1.15. The van der Waals surface area contributed by atoms with E-state index in [4.69, 9.17) is 9.47 Å². The van der Waals surface area contributed by atoms with Crippen LogP contribution in [0.2, 0.25) is 0 Å². The first-order chi connectivity index (χ1) is 8.22. The van der Waals surface area contributed by atoms with E-state index in [9.17, 15) is 4.79 Å². The smallest absolute Gasteiger partial charge is 0.442 e. The van der Waals surface area contributed by atoms with Gasteiger partial charge < -0.3 is 9.47 Å². The van der Waals surface area contributed by atoms with Crippen LogP contribution in [0.5, 0.6) is 0 Å². The number of benzene rings is 1. The second-order valence-electron chi connectivity index (χ2n) is 3.50. The summed E-state index contributed by atoms with van der Waals surface area (Å²) in [5.41, 5.74) is 0.982. The minimum absolute atomic E-state index is 0.207. The Kier molecular flexibility index (Phi) is 6.50. The van der Waals surface area contributed by atoms with Crippen molar-refractivity contribution in [1.29, 1.82) is 0 Å². The van der Waals surface area contributed by atoms with E-state index in [-0.39, 0.29) is 17.2 Å². The van der Waals surface area contributed by atoms with E-state index in [0.717, 1.165) is 11.3 Å². The lowest BCUT2D eigenvalue weighted by molar-refractivity contribution is 0.146. The number of nitrogens with one attached hydrogen (secondary N) is 1. The number of amides is 1. The molecular formula is C12H18NO3S+. The molecule has 0 fully saturated rings. The minimum atomic E-state index is -0.379. The summed E-state index contributed by atoms with van der Waals surface area (Å²) in [6.07, 6.45) is 1.57. The summed E-state index contributed by atoms with van der Waals surface area (Å²) in [6.45, 7) is 0.937. The summed E-state index contributed by atoms with van der Waals surface area (Å²) in [4.78, 5) is 11.4. The maximum Gasteiger partial charge on any atom is 0.449 e. The topological polar surface area (TPSA) is 47.6 Å². The molecule has 0 aromatic heterocycles. The van der Waals surface area contributed by atoms with Crippen molar-refractivity contribution in [3.8, 4) is 0 Å². The summed E-state index contributed by atoms with van der Waals surface area (Å²) in [5, 5.41) is 0. The molecule has 1 aromatic carbocycles. The van der Waals surface area contributed by atoms with Crippen LogP contribution in [0.4, 0.5) is 4.79 Å². The van der Waals surface area contributed by atoms with Crippen LogP contribution in [0.15, 0.2) is 30.3 Å². The van der Waals surface area contributed by atoms with Crippen molar-refractivity contribution in [2.45, 2.75) is 6.61 Å². The van der Waals surface area contributed by atoms with Crippen molar-refractivity contribution in [3.63, 3.8) is 0 Å². The fourth-order valence-corrected chi connectivity index (χ4v) is 2.02. The molecule has 0 saturated heterocycles. The number of carbonyl (C=O) groups is 1. The summed E-state index contributed by atoms with van der Waals surface area (Å²) in [5.74, 6) is 0.803. The third-order valence-corrected chi connectivity index (χ3v) is 3.36. The molecule has 1 rings (SSSR count). The van der Waals surface area contributed by atoms with Crippen LogP contribution in [0, 0.1) is 0 Å². The molecule has 4 nitrogen and oxygen atoms in total. The van der Waals surface area contributed by atoms with Crippen LogP contribution < -0.4 is 4.72 Å². The SMILES string of the molecule is COCC[S+](C)NC(=O)OCc1ccccc1. The van der Waals surface area contributed by atoms with Crippen molar-refractivity contribution in [2.24, 2.45) is 0 Å². The van der Waals surface area contributed by atoms with Crippen LogP contribution in [-0.2, 0) is 27.2 Å². The molecule has 0 bridgehead atoms. The molecule has 0 radical (unpaired) electrons. The quantitative estimate of drug-likeness (QED) is 0.788. The largest absolute Gasteiger partial charge is 0.449 e. The number of hydrogen-bond donors (Lipinski definition) is 1. The molecule has 5 heteroatoms. The van der Waals surface area contributed by atoms with Gasteiger partial charge in [0.1, 0.15) is 23.9 Å². The third-order valence-electron chi connectivity index (χ3n) is 2.06. The first-order valence-corrected chi connectivity index (χ1v) is 7.11. The zero-order valence-corrected chi connectivity index (χ0v) is 11.0. The van der Waals surface area contributed by atoms with Gasteiger partial charge in [0.05, 0.1) is 6.61 Å². The van der Waals surface area contributed by atoms with Gasteiger partial charge in [0.2, 0.25) is 0 Å². The second kappa shape index (κ2) is 7.97. The normalized spacial score (nSPS) is 11.9. The predicted octanol–water partition coefficient (Wildman–Crippen LogP) is 1.72. The van der Waals surface area contributed by atoms with Crippen molar-refractivity contribution < 1.29 is 14.3 Å². The number of rotatable bonds is 6. The van der Waals surface area contributed by atoms with Gasteiger partial charge in [-0.05, 0) is 5.56 Å². The summed E-state index contributed by atoms with van der Waals surface area (Å²) in [7, 11) is 1.64. The minimum Gasteiger partial charge on any atom is -0.442 e. The van der Waals surface area contributed by atoms with Gasteiger partial charge in [-0.15, -0.1) is 4.72 Å². The zero-order valence-electron chi connectivity index (χ0n) is 10.1. The van der Waals surface area contributed by atoms with E-state index < -0.39 is 0 Å². The molecule has 1 amide bonds. The van der Waals surface area contributed by atoms with Gasteiger partial charge in [-0.25, -0.2) is 4.79 Å². The summed E-state index contributed by atoms with van der Waals surface area (Å²) >= 11 is -0.207. The lowest BCUT2D eigenvalue weighted by atomic mass is 10.2. The average molecular weight is 256 g/mol. The molecule has 0 aliphatic rings. The van der Waals surface area contributed by atoms with Gasteiger partial charge in [-0.2, -0.15) is 0 Å². The summed E-state index contributed by atoms with van der Waals surface area (Å²) < 4.78 is 12.8. The maximum atomic E-state index is 11.4. The molecule has 0 heterocycles. The van der Waals surface area contributed by atoms with Crippen LogP contribution in [0.25, 0.3) is 0 Å². The Bertz CT molecular complexity index is 332. The van der Waals surface area contributed by atoms with Crippen molar-refractivity contribution in [3.05, 3.63) is 35.9 Å². The molecule has 0 aliphatic heterocycles. The molecule has 1 N–H and O–H groups in total. The first kappa shape index (κ1) is 13.9. The van der Waals surface area contributed by atoms with Gasteiger partial charge in [0.25, 0.3) is 0 Å². The lowest BCUT2D eigenvalue weighted by Gasteiger charge is -2.06. The number of methoxy groups -OCH3 is 1. The molecule has 1 atom stereocenters. The maximum absolute atomic E-state index is 11.4. The van der Waals surface area contributed by atoms with Gasteiger partial charge in [0.15, 0.2) is 5.75 Å². The van der Waals surface area contributed by atoms with Crippen molar-refractivity contribution >= 4 is 17.2 Å². The highest BCUT2D eigenvalue weighted by Crippen LogP contribution is 2.00. The Morgan fingerprint density at radius 3 is 2.71 bits per heavy atom. The molecule has 1 unspecified atom stereocenters.